The van der Waals surface area contributed by atoms with Crippen molar-refractivity contribution >= 4 is 0 Å². The number of rotatable bonds is 6. The van der Waals surface area contributed by atoms with Gasteiger partial charge in [0.1, 0.15) is 0 Å². The standard InChI is InChI=1S/C17H28/c1-5-9-15-11-14(7-3)12-16(8-4)17(13-15)10-6-2/h12-13H,5-11H2,1-4H3. The molecule has 0 saturated carbocycles. The van der Waals surface area contributed by atoms with Crippen molar-refractivity contribution < 1.29 is 0 Å². The second kappa shape index (κ2) is 7.53. The fraction of sp³-hybridized carbons (Fsp3) is 0.647. The van der Waals surface area contributed by atoms with Crippen LogP contribution in [0.4, 0.5) is 0 Å². The van der Waals surface area contributed by atoms with Crippen LogP contribution >= 0.6 is 0 Å². The quantitative estimate of drug-likeness (QED) is 0.530. The van der Waals surface area contributed by atoms with E-state index in [0.717, 1.165) is 0 Å². The van der Waals surface area contributed by atoms with Crippen molar-refractivity contribution in [2.24, 2.45) is 0 Å². The second-order valence-corrected chi connectivity index (χ2v) is 5.04. The smallest absolute Gasteiger partial charge is 0.0102 e. The Morgan fingerprint density at radius 2 is 1.41 bits per heavy atom. The molecule has 0 radical (unpaired) electrons. The summed E-state index contributed by atoms with van der Waals surface area (Å²) < 4.78 is 0. The molecule has 0 bridgehead atoms. The molecular weight excluding hydrogens is 204 g/mol. The van der Waals surface area contributed by atoms with Crippen molar-refractivity contribution in [3.05, 3.63) is 34.4 Å². The first-order valence-corrected chi connectivity index (χ1v) is 7.35. The predicted molar refractivity (Wildman–Crippen MR) is 78.2 cm³/mol. The van der Waals surface area contributed by atoms with Gasteiger partial charge < -0.3 is 0 Å². The Kier molecular flexibility index (Phi) is 6.32. The van der Waals surface area contributed by atoms with Gasteiger partial charge in [0.15, 0.2) is 0 Å². The molecule has 0 unspecified atom stereocenters. The molecule has 1 aliphatic carbocycles. The summed E-state index contributed by atoms with van der Waals surface area (Å²) in [5, 5.41) is 0. The average Bonchev–Trinajstić information content (AvgIpc) is 2.49. The lowest BCUT2D eigenvalue weighted by Gasteiger charge is -2.07. The number of hydrogen-bond donors (Lipinski definition) is 0. The van der Waals surface area contributed by atoms with Gasteiger partial charge in [0.05, 0.1) is 0 Å². The monoisotopic (exact) mass is 232 g/mol. The van der Waals surface area contributed by atoms with Gasteiger partial charge >= 0.3 is 0 Å². The topological polar surface area (TPSA) is 0 Å². The van der Waals surface area contributed by atoms with E-state index in [4.69, 9.17) is 0 Å². The minimum atomic E-state index is 1.18. The van der Waals surface area contributed by atoms with Gasteiger partial charge in [-0.2, -0.15) is 0 Å². The first kappa shape index (κ1) is 14.3. The summed E-state index contributed by atoms with van der Waals surface area (Å²) in [6, 6.07) is 0. The Morgan fingerprint density at radius 1 is 0.765 bits per heavy atom. The first-order chi connectivity index (χ1) is 8.24. The van der Waals surface area contributed by atoms with Crippen LogP contribution in [0.25, 0.3) is 0 Å². The van der Waals surface area contributed by atoms with E-state index >= 15 is 0 Å². The van der Waals surface area contributed by atoms with Crippen LogP contribution in [0.1, 0.15) is 72.6 Å². The Bertz CT molecular complexity index is 326. The lowest BCUT2D eigenvalue weighted by atomic mass is 9.99. The molecular formula is C17H28. The molecule has 0 aromatic heterocycles. The van der Waals surface area contributed by atoms with Crippen molar-refractivity contribution in [1.29, 1.82) is 0 Å². The normalized spacial score (nSPS) is 16.7. The lowest BCUT2D eigenvalue weighted by molar-refractivity contribution is 0.846. The Balaban J connectivity index is 3.07. The van der Waals surface area contributed by atoms with Gasteiger partial charge in [-0.25, -0.2) is 0 Å². The zero-order valence-corrected chi connectivity index (χ0v) is 12.1. The summed E-state index contributed by atoms with van der Waals surface area (Å²) in [6.07, 6.45) is 13.6. The number of allylic oxidation sites excluding steroid dienone is 6. The second-order valence-electron chi connectivity index (χ2n) is 5.04. The van der Waals surface area contributed by atoms with Gasteiger partial charge in [-0.15, -0.1) is 0 Å². The van der Waals surface area contributed by atoms with Crippen LogP contribution in [-0.2, 0) is 0 Å². The minimum Gasteiger partial charge on any atom is -0.0661 e. The highest BCUT2D eigenvalue weighted by molar-refractivity contribution is 5.41. The van der Waals surface area contributed by atoms with E-state index in [-0.39, 0.29) is 0 Å². The van der Waals surface area contributed by atoms with E-state index in [2.05, 4.69) is 39.8 Å². The number of hydrogen-bond acceptors (Lipinski definition) is 0. The summed E-state index contributed by atoms with van der Waals surface area (Å²) in [6.45, 7) is 9.13. The van der Waals surface area contributed by atoms with Gasteiger partial charge in [0.25, 0.3) is 0 Å². The summed E-state index contributed by atoms with van der Waals surface area (Å²) >= 11 is 0. The minimum absolute atomic E-state index is 1.18. The van der Waals surface area contributed by atoms with E-state index in [1.54, 1.807) is 22.3 Å². The van der Waals surface area contributed by atoms with Crippen molar-refractivity contribution in [1.82, 2.24) is 0 Å². The van der Waals surface area contributed by atoms with Gasteiger partial charge in [0.2, 0.25) is 0 Å². The maximum Gasteiger partial charge on any atom is -0.0102 e. The molecule has 0 saturated heterocycles. The molecule has 0 aromatic rings. The summed E-state index contributed by atoms with van der Waals surface area (Å²) in [5.41, 5.74) is 6.44. The van der Waals surface area contributed by atoms with Crippen molar-refractivity contribution in [2.45, 2.75) is 72.6 Å². The third kappa shape index (κ3) is 4.18. The Morgan fingerprint density at radius 3 is 1.94 bits per heavy atom. The lowest BCUT2D eigenvalue weighted by Crippen LogP contribution is -1.87. The van der Waals surface area contributed by atoms with Crippen LogP contribution < -0.4 is 0 Å². The van der Waals surface area contributed by atoms with E-state index in [0.29, 0.717) is 0 Å². The molecule has 96 valence electrons. The summed E-state index contributed by atoms with van der Waals surface area (Å²) in [7, 11) is 0. The first-order valence-electron chi connectivity index (χ1n) is 7.35. The fourth-order valence-corrected chi connectivity index (χ4v) is 2.61. The zero-order chi connectivity index (χ0) is 12.7. The summed E-state index contributed by atoms with van der Waals surface area (Å²) in [5.74, 6) is 0. The fourth-order valence-electron chi connectivity index (χ4n) is 2.61. The van der Waals surface area contributed by atoms with Crippen LogP contribution in [-0.4, -0.2) is 0 Å². The highest BCUT2D eigenvalue weighted by Crippen LogP contribution is 2.29. The van der Waals surface area contributed by atoms with E-state index < -0.39 is 0 Å². The van der Waals surface area contributed by atoms with Crippen LogP contribution in [0.2, 0.25) is 0 Å². The molecule has 0 spiro atoms. The summed E-state index contributed by atoms with van der Waals surface area (Å²) in [4.78, 5) is 0. The molecule has 0 N–H and O–H groups in total. The van der Waals surface area contributed by atoms with Crippen LogP contribution in [0.3, 0.4) is 0 Å². The molecule has 0 heterocycles. The van der Waals surface area contributed by atoms with Crippen molar-refractivity contribution in [3.8, 4) is 0 Å². The Hall–Kier alpha value is -0.780. The maximum atomic E-state index is 2.50. The molecule has 0 nitrogen and oxygen atoms in total. The van der Waals surface area contributed by atoms with Crippen LogP contribution in [0.5, 0.6) is 0 Å². The van der Waals surface area contributed by atoms with Gasteiger partial charge in [-0.05, 0) is 43.3 Å². The molecule has 0 heteroatoms. The Labute approximate surface area is 108 Å². The van der Waals surface area contributed by atoms with E-state index in [9.17, 15) is 0 Å². The van der Waals surface area contributed by atoms with Crippen molar-refractivity contribution in [3.63, 3.8) is 0 Å². The molecule has 0 fully saturated rings. The molecule has 1 aliphatic rings. The van der Waals surface area contributed by atoms with Crippen LogP contribution in [0, 0.1) is 0 Å². The SMILES string of the molecule is CCCC1=CC(CCC)=C(CC)C=C(CC)C1. The molecule has 0 atom stereocenters. The largest absolute Gasteiger partial charge is 0.0661 e. The third-order valence-corrected chi connectivity index (χ3v) is 3.55. The van der Waals surface area contributed by atoms with E-state index in [1.165, 1.54) is 44.9 Å². The van der Waals surface area contributed by atoms with Crippen molar-refractivity contribution in [2.75, 3.05) is 0 Å². The maximum absolute atomic E-state index is 2.50. The molecule has 0 amide bonds. The highest BCUT2D eigenvalue weighted by Gasteiger charge is 2.10. The average molecular weight is 232 g/mol. The predicted octanol–water partition coefficient (Wildman–Crippen LogP) is 5.96. The zero-order valence-electron chi connectivity index (χ0n) is 12.1. The van der Waals surface area contributed by atoms with Gasteiger partial charge in [-0.1, -0.05) is 63.8 Å². The molecule has 0 aromatic carbocycles. The molecule has 0 aliphatic heterocycles. The third-order valence-electron chi connectivity index (χ3n) is 3.55. The van der Waals surface area contributed by atoms with Crippen LogP contribution in [0.15, 0.2) is 34.4 Å². The molecule has 1 rings (SSSR count). The highest BCUT2D eigenvalue weighted by atomic mass is 14.2. The van der Waals surface area contributed by atoms with Gasteiger partial charge in [0, 0.05) is 0 Å². The molecule has 17 heavy (non-hydrogen) atoms. The van der Waals surface area contributed by atoms with E-state index in [1.807, 2.05) is 0 Å². The van der Waals surface area contributed by atoms with Gasteiger partial charge in [-0.3, -0.25) is 0 Å².